The Bertz CT molecular complexity index is 382. The summed E-state index contributed by atoms with van der Waals surface area (Å²) in [6.45, 7) is 0.555. The van der Waals surface area contributed by atoms with E-state index in [0.29, 0.717) is 6.67 Å². The summed E-state index contributed by atoms with van der Waals surface area (Å²) in [4.78, 5) is 3.55. The van der Waals surface area contributed by atoms with E-state index in [4.69, 9.17) is 0 Å². The topological polar surface area (TPSA) is 6.48 Å². The van der Waals surface area contributed by atoms with Crippen molar-refractivity contribution in [2.45, 2.75) is 0 Å². The van der Waals surface area contributed by atoms with E-state index < -0.39 is 11.6 Å². The van der Waals surface area contributed by atoms with Crippen molar-refractivity contribution in [3.05, 3.63) is 49.7 Å². The molecular formula is C11H12F2IrN2-2. The van der Waals surface area contributed by atoms with Gasteiger partial charge in [0.1, 0.15) is 0 Å². The van der Waals surface area contributed by atoms with Crippen molar-refractivity contribution in [3.8, 4) is 0 Å². The Morgan fingerprint density at radius 2 is 2.00 bits per heavy atom. The van der Waals surface area contributed by atoms with E-state index in [0.717, 1.165) is 12.1 Å². The molecule has 0 fully saturated rings. The second kappa shape index (κ2) is 5.97. The first-order valence-corrected chi connectivity index (χ1v) is 4.19. The first-order valence-electron chi connectivity index (χ1n) is 4.19. The smallest absolute Gasteiger partial charge is 0.0917 e. The molecule has 0 aromatic heterocycles. The zero-order chi connectivity index (χ0) is 10.1. The fraction of sp³-hybridized carbons (Fsp3) is 0.182. The molecule has 0 bridgehead atoms. The fourth-order valence-electron chi connectivity index (χ4n) is 1.33. The SMILES string of the molecule is CN1C=CN(c2[c-]cc(F)cc2F)C1.[CH3-].[Ir]. The summed E-state index contributed by atoms with van der Waals surface area (Å²) >= 11 is 0. The van der Waals surface area contributed by atoms with Crippen LogP contribution in [-0.2, 0) is 20.1 Å². The average Bonchev–Trinajstić information content (AvgIpc) is 2.51. The second-order valence-electron chi connectivity index (χ2n) is 3.18. The number of hydrogen-bond donors (Lipinski definition) is 0. The van der Waals surface area contributed by atoms with Crippen molar-refractivity contribution in [1.82, 2.24) is 4.90 Å². The molecule has 0 unspecified atom stereocenters. The van der Waals surface area contributed by atoms with Gasteiger partial charge in [-0.1, -0.05) is 0 Å². The summed E-state index contributed by atoms with van der Waals surface area (Å²) in [6, 6.07) is 4.55. The minimum absolute atomic E-state index is 0. The zero-order valence-electron chi connectivity index (χ0n) is 9.00. The maximum absolute atomic E-state index is 13.3. The Hall–Kier alpha value is -0.931. The van der Waals surface area contributed by atoms with Crippen LogP contribution in [0.5, 0.6) is 0 Å². The molecule has 1 radical (unpaired) electrons. The molecule has 5 heteroatoms. The minimum Gasteiger partial charge on any atom is -0.361 e. The van der Waals surface area contributed by atoms with Crippen LogP contribution in [0.3, 0.4) is 0 Å². The van der Waals surface area contributed by atoms with Crippen molar-refractivity contribution >= 4 is 5.69 Å². The predicted octanol–water partition coefficient (Wildman–Crippen LogP) is 2.39. The van der Waals surface area contributed by atoms with Gasteiger partial charge in [-0.3, -0.25) is 8.78 Å². The van der Waals surface area contributed by atoms with Gasteiger partial charge in [0.25, 0.3) is 0 Å². The van der Waals surface area contributed by atoms with Gasteiger partial charge in [0.05, 0.1) is 6.67 Å². The summed E-state index contributed by atoms with van der Waals surface area (Å²) in [5.74, 6) is -1.20. The van der Waals surface area contributed by atoms with Gasteiger partial charge in [0.2, 0.25) is 0 Å². The van der Waals surface area contributed by atoms with Crippen LogP contribution in [0.4, 0.5) is 14.5 Å². The molecule has 0 saturated carbocycles. The third kappa shape index (κ3) is 3.03. The van der Waals surface area contributed by atoms with Crippen molar-refractivity contribution in [2.75, 3.05) is 18.6 Å². The van der Waals surface area contributed by atoms with Crippen LogP contribution in [0.1, 0.15) is 0 Å². The normalized spacial score (nSPS) is 13.4. The molecular weight excluding hydrogens is 390 g/mol. The zero-order valence-corrected chi connectivity index (χ0v) is 11.4. The van der Waals surface area contributed by atoms with E-state index in [2.05, 4.69) is 6.07 Å². The third-order valence-electron chi connectivity index (χ3n) is 2.00. The largest absolute Gasteiger partial charge is 0.361 e. The standard InChI is InChI=1S/C10H9F2N2.CH3.Ir/c1-13-4-5-14(7-13)10-3-2-8(11)6-9(10)12;;/h2,4-6H,7H2,1H3;1H3;/q2*-1;. The number of benzene rings is 1. The van der Waals surface area contributed by atoms with Crippen LogP contribution in [0.15, 0.2) is 24.5 Å². The quantitative estimate of drug-likeness (QED) is 0.666. The van der Waals surface area contributed by atoms with Crippen LogP contribution in [0.2, 0.25) is 0 Å². The summed E-state index contributed by atoms with van der Waals surface area (Å²) in [6.07, 6.45) is 3.55. The van der Waals surface area contributed by atoms with Gasteiger partial charge in [0.15, 0.2) is 0 Å². The first kappa shape index (κ1) is 15.1. The van der Waals surface area contributed by atoms with Crippen molar-refractivity contribution < 1.29 is 28.9 Å². The van der Waals surface area contributed by atoms with Gasteiger partial charge in [-0.15, -0.1) is 12.1 Å². The molecule has 16 heavy (non-hydrogen) atoms. The molecule has 0 atom stereocenters. The summed E-state index contributed by atoms with van der Waals surface area (Å²) in [5, 5.41) is 0. The van der Waals surface area contributed by atoms with E-state index in [1.807, 2.05) is 18.1 Å². The molecule has 0 aliphatic carbocycles. The molecule has 1 aromatic carbocycles. The number of anilines is 1. The Balaban J connectivity index is 0.00000112. The molecule has 2 nitrogen and oxygen atoms in total. The predicted molar refractivity (Wildman–Crippen MR) is 55.9 cm³/mol. The Labute approximate surface area is 108 Å². The molecule has 0 spiro atoms. The fourth-order valence-corrected chi connectivity index (χ4v) is 1.33. The summed E-state index contributed by atoms with van der Waals surface area (Å²) in [5.41, 5.74) is 0.270. The van der Waals surface area contributed by atoms with Gasteiger partial charge in [-0.25, -0.2) is 0 Å². The maximum Gasteiger partial charge on any atom is 0.0917 e. The maximum atomic E-state index is 13.3. The van der Waals surface area contributed by atoms with Crippen LogP contribution in [-0.4, -0.2) is 18.6 Å². The van der Waals surface area contributed by atoms with Crippen molar-refractivity contribution in [2.24, 2.45) is 0 Å². The molecule has 0 saturated heterocycles. The van der Waals surface area contributed by atoms with E-state index in [9.17, 15) is 8.78 Å². The molecule has 91 valence electrons. The number of rotatable bonds is 1. The van der Waals surface area contributed by atoms with Gasteiger partial charge >= 0.3 is 0 Å². The van der Waals surface area contributed by atoms with E-state index in [1.165, 1.54) is 0 Å². The Morgan fingerprint density at radius 3 is 2.50 bits per heavy atom. The minimum atomic E-state index is -0.609. The summed E-state index contributed by atoms with van der Waals surface area (Å²) in [7, 11) is 1.87. The third-order valence-corrected chi connectivity index (χ3v) is 2.00. The monoisotopic (exact) mass is 403 g/mol. The molecule has 1 aliphatic heterocycles. The Kier molecular flexibility index (Phi) is 5.62. The van der Waals surface area contributed by atoms with Crippen LogP contribution in [0.25, 0.3) is 0 Å². The van der Waals surface area contributed by atoms with Crippen LogP contribution in [0, 0.1) is 25.1 Å². The van der Waals surface area contributed by atoms with E-state index >= 15 is 0 Å². The molecule has 2 rings (SSSR count). The van der Waals surface area contributed by atoms with Crippen LogP contribution < -0.4 is 4.90 Å². The van der Waals surface area contributed by atoms with Gasteiger partial charge in [0, 0.05) is 51.2 Å². The number of halogens is 2. The number of hydrogen-bond acceptors (Lipinski definition) is 2. The molecule has 1 heterocycles. The first-order chi connectivity index (χ1) is 6.66. The van der Waals surface area contributed by atoms with E-state index in [-0.39, 0.29) is 33.2 Å². The van der Waals surface area contributed by atoms with Gasteiger partial charge in [-0.05, 0) is 5.69 Å². The summed E-state index contributed by atoms with van der Waals surface area (Å²) < 4.78 is 25.9. The molecule has 0 amide bonds. The molecule has 1 aromatic rings. The second-order valence-corrected chi connectivity index (χ2v) is 3.18. The van der Waals surface area contributed by atoms with Crippen molar-refractivity contribution in [3.63, 3.8) is 0 Å². The van der Waals surface area contributed by atoms with Crippen molar-refractivity contribution in [1.29, 1.82) is 0 Å². The molecule has 1 aliphatic rings. The van der Waals surface area contributed by atoms with Crippen LogP contribution >= 0.6 is 0 Å². The van der Waals surface area contributed by atoms with E-state index in [1.54, 1.807) is 11.1 Å². The van der Waals surface area contributed by atoms with Gasteiger partial charge in [-0.2, -0.15) is 6.07 Å². The Morgan fingerprint density at radius 1 is 1.31 bits per heavy atom. The molecule has 0 N–H and O–H groups in total. The van der Waals surface area contributed by atoms with Gasteiger partial charge < -0.3 is 17.2 Å². The average molecular weight is 402 g/mol. The number of nitrogens with zero attached hydrogens (tertiary/aromatic N) is 2.